The van der Waals surface area contributed by atoms with E-state index in [4.69, 9.17) is 7.85 Å². The molecule has 1 fully saturated rings. The van der Waals surface area contributed by atoms with Crippen molar-refractivity contribution in [2.75, 3.05) is 23.3 Å². The van der Waals surface area contributed by atoms with Gasteiger partial charge in [0.25, 0.3) is 0 Å². The Hall–Kier alpha value is -3.49. The first-order valence-corrected chi connectivity index (χ1v) is 12.4. The molecule has 1 unspecified atom stereocenters. The Morgan fingerprint density at radius 1 is 1.11 bits per heavy atom. The third-order valence-corrected chi connectivity index (χ3v) is 6.56. The summed E-state index contributed by atoms with van der Waals surface area (Å²) in [6.45, 7) is 9.91. The molecule has 9 heteroatoms. The number of hydrogen-bond acceptors (Lipinski definition) is 6. The monoisotopic (exact) mass is 483 g/mol. The van der Waals surface area contributed by atoms with Gasteiger partial charge >= 0.3 is 0 Å². The van der Waals surface area contributed by atoms with Crippen LogP contribution in [-0.4, -0.2) is 45.9 Å². The summed E-state index contributed by atoms with van der Waals surface area (Å²) in [6, 6.07) is 12.7. The molecule has 2 radical (unpaired) electrons. The number of nitrogens with zero attached hydrogens (tertiary/aromatic N) is 6. The molecule has 184 valence electrons. The lowest BCUT2D eigenvalue weighted by Gasteiger charge is -2.42. The number of nitrogens with one attached hydrogen (secondary N) is 1. The first-order chi connectivity index (χ1) is 17.2. The molecule has 1 saturated carbocycles. The SMILES string of the molecule is [B]C(c1ccc(F)cc1)(c1cn(C2CC2)nn1)N(CC)c1ccc2ncnc(NCC(C)(C)C)c2c1. The third-order valence-electron chi connectivity index (χ3n) is 6.56. The Morgan fingerprint density at radius 2 is 1.86 bits per heavy atom. The minimum absolute atomic E-state index is 0.0900. The van der Waals surface area contributed by atoms with E-state index in [0.717, 1.165) is 47.4 Å². The number of benzene rings is 2. The molecule has 0 amide bonds. The summed E-state index contributed by atoms with van der Waals surface area (Å²) in [4.78, 5) is 11.0. The van der Waals surface area contributed by atoms with Crippen molar-refractivity contribution in [2.24, 2.45) is 5.41 Å². The van der Waals surface area contributed by atoms with Crippen molar-refractivity contribution in [1.82, 2.24) is 25.0 Å². The molecule has 2 aromatic heterocycles. The molecular formula is C27H31BFN7. The van der Waals surface area contributed by atoms with Gasteiger partial charge in [-0.05, 0) is 61.1 Å². The molecule has 1 atom stereocenters. The summed E-state index contributed by atoms with van der Waals surface area (Å²) in [7, 11) is 7.25. The Bertz CT molecular complexity index is 1360. The van der Waals surface area contributed by atoms with Gasteiger partial charge in [0.15, 0.2) is 0 Å². The number of rotatable bonds is 8. The van der Waals surface area contributed by atoms with E-state index in [1.165, 1.54) is 12.1 Å². The molecule has 0 bridgehead atoms. The van der Waals surface area contributed by atoms with E-state index in [0.29, 0.717) is 18.3 Å². The topological polar surface area (TPSA) is 71.8 Å². The first-order valence-electron chi connectivity index (χ1n) is 12.4. The van der Waals surface area contributed by atoms with Gasteiger partial charge in [0.05, 0.1) is 23.2 Å². The first kappa shape index (κ1) is 24.2. The van der Waals surface area contributed by atoms with Crippen LogP contribution in [0.3, 0.4) is 0 Å². The normalized spacial score (nSPS) is 15.6. The van der Waals surface area contributed by atoms with Gasteiger partial charge in [-0.1, -0.05) is 38.1 Å². The zero-order chi connectivity index (χ0) is 25.5. The van der Waals surface area contributed by atoms with Crippen molar-refractivity contribution in [3.05, 3.63) is 72.1 Å². The molecule has 7 nitrogen and oxygen atoms in total. The molecule has 0 aliphatic heterocycles. The van der Waals surface area contributed by atoms with Crippen molar-refractivity contribution >= 4 is 30.3 Å². The lowest BCUT2D eigenvalue weighted by Crippen LogP contribution is -2.48. The molecule has 5 rings (SSSR count). The van der Waals surface area contributed by atoms with Gasteiger partial charge < -0.3 is 10.2 Å². The Kier molecular flexibility index (Phi) is 6.18. The summed E-state index contributed by atoms with van der Waals surface area (Å²) in [5.41, 5.74) is 1.98. The quantitative estimate of drug-likeness (QED) is 0.354. The second kappa shape index (κ2) is 9.19. The smallest absolute Gasteiger partial charge is 0.137 e. The number of fused-ring (bicyclic) bond motifs is 1. The summed E-state index contributed by atoms with van der Waals surface area (Å²) >= 11 is 0. The third kappa shape index (κ3) is 4.66. The van der Waals surface area contributed by atoms with Gasteiger partial charge in [-0.25, -0.2) is 19.0 Å². The van der Waals surface area contributed by atoms with Crippen molar-refractivity contribution in [2.45, 2.75) is 52.0 Å². The van der Waals surface area contributed by atoms with Gasteiger partial charge in [-0.2, -0.15) is 0 Å². The van der Waals surface area contributed by atoms with E-state index < -0.39 is 5.44 Å². The molecule has 0 saturated heterocycles. The highest BCUT2D eigenvalue weighted by atomic mass is 19.1. The van der Waals surface area contributed by atoms with Crippen LogP contribution in [0.1, 0.15) is 57.8 Å². The molecule has 0 spiro atoms. The van der Waals surface area contributed by atoms with Crippen LogP contribution < -0.4 is 10.2 Å². The number of hydrogen-bond donors (Lipinski definition) is 1. The Labute approximate surface area is 212 Å². The van der Waals surface area contributed by atoms with E-state index in [2.05, 4.69) is 57.3 Å². The predicted molar refractivity (Wildman–Crippen MR) is 142 cm³/mol. The van der Waals surface area contributed by atoms with E-state index >= 15 is 0 Å². The molecular weight excluding hydrogens is 452 g/mol. The van der Waals surface area contributed by atoms with Gasteiger partial charge in [0.2, 0.25) is 0 Å². The van der Waals surface area contributed by atoms with Crippen LogP contribution in [-0.2, 0) is 5.44 Å². The van der Waals surface area contributed by atoms with Gasteiger partial charge in [0, 0.05) is 24.2 Å². The summed E-state index contributed by atoms with van der Waals surface area (Å²) in [6.07, 6.45) is 5.67. The standard InChI is InChI=1S/C27H31BFN7/c1-5-35(21-12-13-23-22(14-21)25(32-17-31-23)30-16-26(2,3)4)27(28,18-6-8-19(29)9-7-18)24-15-36(34-33-24)20-10-11-20/h6-9,12-15,17,20H,5,10-11,16H2,1-4H3,(H,30,31,32). The van der Waals surface area contributed by atoms with Crippen LogP contribution in [0.25, 0.3) is 10.9 Å². The average Bonchev–Trinajstić information content (AvgIpc) is 3.58. The molecule has 4 aromatic rings. The highest BCUT2D eigenvalue weighted by Gasteiger charge is 2.38. The fourth-order valence-electron chi connectivity index (χ4n) is 4.45. The molecule has 36 heavy (non-hydrogen) atoms. The molecule has 2 heterocycles. The van der Waals surface area contributed by atoms with E-state index in [1.54, 1.807) is 18.5 Å². The van der Waals surface area contributed by atoms with Gasteiger partial charge in [0.1, 0.15) is 31.5 Å². The molecule has 1 N–H and O–H groups in total. The van der Waals surface area contributed by atoms with Crippen LogP contribution in [0, 0.1) is 11.2 Å². The van der Waals surface area contributed by atoms with E-state index in [9.17, 15) is 4.39 Å². The molecule has 1 aliphatic carbocycles. The summed E-state index contributed by atoms with van der Waals surface area (Å²) < 4.78 is 15.8. The van der Waals surface area contributed by atoms with Crippen LogP contribution >= 0.6 is 0 Å². The maximum absolute atomic E-state index is 13.9. The second-order valence-corrected chi connectivity index (χ2v) is 10.7. The van der Waals surface area contributed by atoms with E-state index in [-0.39, 0.29) is 11.2 Å². The largest absolute Gasteiger partial charge is 0.369 e. The zero-order valence-corrected chi connectivity index (χ0v) is 21.2. The molecule has 1 aliphatic rings. The lowest BCUT2D eigenvalue weighted by molar-refractivity contribution is 0.442. The zero-order valence-electron chi connectivity index (χ0n) is 21.2. The summed E-state index contributed by atoms with van der Waals surface area (Å²) in [5, 5.41) is 13.2. The number of anilines is 2. The average molecular weight is 483 g/mol. The minimum Gasteiger partial charge on any atom is -0.369 e. The van der Waals surface area contributed by atoms with Crippen molar-refractivity contribution in [3.8, 4) is 0 Å². The maximum atomic E-state index is 13.9. The fraction of sp³-hybridized carbons (Fsp3) is 0.407. The van der Waals surface area contributed by atoms with Gasteiger partial charge in [-0.15, -0.1) is 5.10 Å². The summed E-state index contributed by atoms with van der Waals surface area (Å²) in [5.74, 6) is 0.458. The van der Waals surface area contributed by atoms with Crippen LogP contribution in [0.5, 0.6) is 0 Å². The van der Waals surface area contributed by atoms with Crippen molar-refractivity contribution in [1.29, 1.82) is 0 Å². The molecule has 2 aromatic carbocycles. The second-order valence-electron chi connectivity index (χ2n) is 10.7. The Morgan fingerprint density at radius 3 is 2.53 bits per heavy atom. The Balaban J connectivity index is 1.62. The van der Waals surface area contributed by atoms with Crippen molar-refractivity contribution < 1.29 is 4.39 Å². The van der Waals surface area contributed by atoms with Crippen LogP contribution in [0.15, 0.2) is 55.0 Å². The highest BCUT2D eigenvalue weighted by molar-refractivity contribution is 6.19. The van der Waals surface area contributed by atoms with Gasteiger partial charge in [-0.3, -0.25) is 0 Å². The van der Waals surface area contributed by atoms with Crippen LogP contribution in [0.4, 0.5) is 15.9 Å². The highest BCUT2D eigenvalue weighted by Crippen LogP contribution is 2.39. The number of aromatic nitrogens is 5. The van der Waals surface area contributed by atoms with E-state index in [1.807, 2.05) is 29.9 Å². The minimum atomic E-state index is -1.17. The fourth-order valence-corrected chi connectivity index (χ4v) is 4.45. The lowest BCUT2D eigenvalue weighted by atomic mass is 9.68. The van der Waals surface area contributed by atoms with Crippen molar-refractivity contribution in [3.63, 3.8) is 0 Å². The predicted octanol–water partition coefficient (Wildman–Crippen LogP) is 5.05. The number of halogens is 1. The van der Waals surface area contributed by atoms with Crippen LogP contribution in [0.2, 0.25) is 0 Å². The maximum Gasteiger partial charge on any atom is 0.137 e.